The summed E-state index contributed by atoms with van der Waals surface area (Å²) in [6.07, 6.45) is 7.70. The lowest BCUT2D eigenvalue weighted by molar-refractivity contribution is -0.123. The smallest absolute Gasteiger partial charge is 0.237 e. The number of carbonyl (C=O) groups excluding carboxylic acids is 1. The van der Waals surface area contributed by atoms with Gasteiger partial charge in [0.2, 0.25) is 5.91 Å². The van der Waals surface area contributed by atoms with Crippen LogP contribution in [0, 0.1) is 5.92 Å². The molecule has 2 atom stereocenters. The molecule has 1 unspecified atom stereocenters. The summed E-state index contributed by atoms with van der Waals surface area (Å²) in [5, 5.41) is 6.49. The van der Waals surface area contributed by atoms with E-state index in [4.69, 9.17) is 0 Å². The molecule has 0 aromatic heterocycles. The molecule has 0 saturated heterocycles. The van der Waals surface area contributed by atoms with Crippen LogP contribution in [0.15, 0.2) is 0 Å². The van der Waals surface area contributed by atoms with Gasteiger partial charge in [-0.15, -0.1) is 0 Å². The van der Waals surface area contributed by atoms with E-state index in [0.717, 1.165) is 18.8 Å². The zero-order valence-electron chi connectivity index (χ0n) is 10.5. The summed E-state index contributed by atoms with van der Waals surface area (Å²) in [4.78, 5) is 11.8. The first-order chi connectivity index (χ1) is 7.66. The molecular formula is C13H24N2O. The Morgan fingerprint density at radius 3 is 2.31 bits per heavy atom. The van der Waals surface area contributed by atoms with Gasteiger partial charge in [0, 0.05) is 12.1 Å². The molecule has 2 aliphatic rings. The zero-order chi connectivity index (χ0) is 11.5. The predicted molar refractivity (Wildman–Crippen MR) is 65.2 cm³/mol. The van der Waals surface area contributed by atoms with Crippen molar-refractivity contribution in [1.29, 1.82) is 0 Å². The number of amides is 1. The number of nitrogens with one attached hydrogen (secondary N) is 2. The van der Waals surface area contributed by atoms with Crippen molar-refractivity contribution in [3.05, 3.63) is 0 Å². The van der Waals surface area contributed by atoms with Crippen molar-refractivity contribution >= 4 is 5.91 Å². The minimum Gasteiger partial charge on any atom is -0.352 e. The molecule has 2 saturated carbocycles. The first-order valence-corrected chi connectivity index (χ1v) is 6.73. The summed E-state index contributed by atoms with van der Waals surface area (Å²) >= 11 is 0. The van der Waals surface area contributed by atoms with Gasteiger partial charge >= 0.3 is 0 Å². The molecule has 92 valence electrons. The van der Waals surface area contributed by atoms with Gasteiger partial charge in [-0.2, -0.15) is 0 Å². The highest BCUT2D eigenvalue weighted by Gasteiger charge is 2.28. The van der Waals surface area contributed by atoms with Crippen LogP contribution in [-0.4, -0.2) is 24.0 Å². The molecule has 16 heavy (non-hydrogen) atoms. The van der Waals surface area contributed by atoms with Crippen molar-refractivity contribution in [2.75, 3.05) is 0 Å². The second kappa shape index (κ2) is 5.17. The summed E-state index contributed by atoms with van der Waals surface area (Å²) in [6.45, 7) is 4.19. The summed E-state index contributed by atoms with van der Waals surface area (Å²) in [6, 6.07) is 0.900. The van der Waals surface area contributed by atoms with Gasteiger partial charge in [0.05, 0.1) is 6.04 Å². The normalized spacial score (nSPS) is 25.4. The van der Waals surface area contributed by atoms with E-state index in [1.165, 1.54) is 25.7 Å². The molecule has 0 heterocycles. The van der Waals surface area contributed by atoms with Crippen molar-refractivity contribution < 1.29 is 4.79 Å². The van der Waals surface area contributed by atoms with Crippen molar-refractivity contribution in [3.8, 4) is 0 Å². The van der Waals surface area contributed by atoms with E-state index in [1.807, 2.05) is 6.92 Å². The fourth-order valence-electron chi connectivity index (χ4n) is 2.62. The van der Waals surface area contributed by atoms with Gasteiger partial charge in [0.15, 0.2) is 0 Å². The van der Waals surface area contributed by atoms with E-state index in [9.17, 15) is 4.79 Å². The Kier molecular flexibility index (Phi) is 3.85. The quantitative estimate of drug-likeness (QED) is 0.748. The number of rotatable bonds is 5. The van der Waals surface area contributed by atoms with Gasteiger partial charge in [0.25, 0.3) is 0 Å². The molecule has 2 fully saturated rings. The molecule has 0 radical (unpaired) electrons. The highest BCUT2D eigenvalue weighted by Crippen LogP contribution is 2.27. The maximum atomic E-state index is 11.8. The fraction of sp³-hybridized carbons (Fsp3) is 0.923. The Hall–Kier alpha value is -0.570. The van der Waals surface area contributed by atoms with Gasteiger partial charge in [-0.05, 0) is 45.4 Å². The Bertz CT molecular complexity index is 244. The van der Waals surface area contributed by atoms with Crippen LogP contribution in [0.25, 0.3) is 0 Å². The third-order valence-corrected chi connectivity index (χ3v) is 3.94. The lowest BCUT2D eigenvalue weighted by atomic mass is 9.99. The number of carbonyl (C=O) groups is 1. The minimum atomic E-state index is -0.0452. The van der Waals surface area contributed by atoms with Crippen LogP contribution in [0.5, 0.6) is 0 Å². The second-order valence-electron chi connectivity index (χ2n) is 5.50. The number of hydrogen-bond acceptors (Lipinski definition) is 2. The number of hydrogen-bond donors (Lipinski definition) is 2. The second-order valence-corrected chi connectivity index (χ2v) is 5.50. The van der Waals surface area contributed by atoms with Crippen LogP contribution >= 0.6 is 0 Å². The van der Waals surface area contributed by atoms with E-state index in [0.29, 0.717) is 12.1 Å². The van der Waals surface area contributed by atoms with Gasteiger partial charge in [-0.25, -0.2) is 0 Å². The SMILES string of the molecule is CC(N[C@H](C)C1CCCC1)C(=O)NC1CC1. The monoisotopic (exact) mass is 224 g/mol. The predicted octanol–water partition coefficient (Wildman–Crippen LogP) is 1.82. The molecule has 3 nitrogen and oxygen atoms in total. The van der Waals surface area contributed by atoms with Crippen molar-refractivity contribution in [2.45, 2.75) is 70.5 Å². The molecule has 0 aliphatic heterocycles. The third-order valence-electron chi connectivity index (χ3n) is 3.94. The van der Waals surface area contributed by atoms with Crippen LogP contribution in [0.4, 0.5) is 0 Å². The molecule has 0 spiro atoms. The van der Waals surface area contributed by atoms with Gasteiger partial charge in [-0.1, -0.05) is 12.8 Å². The van der Waals surface area contributed by atoms with Gasteiger partial charge < -0.3 is 10.6 Å². The highest BCUT2D eigenvalue weighted by atomic mass is 16.2. The molecular weight excluding hydrogens is 200 g/mol. The Morgan fingerprint density at radius 1 is 1.12 bits per heavy atom. The van der Waals surface area contributed by atoms with Crippen LogP contribution in [-0.2, 0) is 4.79 Å². The molecule has 0 aromatic carbocycles. The maximum Gasteiger partial charge on any atom is 0.237 e. The van der Waals surface area contributed by atoms with Crippen LogP contribution < -0.4 is 10.6 Å². The van der Waals surface area contributed by atoms with E-state index < -0.39 is 0 Å². The van der Waals surface area contributed by atoms with E-state index in [2.05, 4.69) is 17.6 Å². The Labute approximate surface area is 98.4 Å². The van der Waals surface area contributed by atoms with Gasteiger partial charge in [-0.3, -0.25) is 4.79 Å². The molecule has 0 aromatic rings. The summed E-state index contributed by atoms with van der Waals surface area (Å²) < 4.78 is 0. The topological polar surface area (TPSA) is 41.1 Å². The standard InChI is InChI=1S/C13H24N2O/c1-9(11-5-3-4-6-11)14-10(2)13(16)15-12-7-8-12/h9-12,14H,3-8H2,1-2H3,(H,15,16)/t9-,10?/m1/s1. The first kappa shape index (κ1) is 11.9. The summed E-state index contributed by atoms with van der Waals surface area (Å²) in [5.74, 6) is 0.948. The molecule has 2 aliphatic carbocycles. The van der Waals surface area contributed by atoms with Crippen LogP contribution in [0.1, 0.15) is 52.4 Å². The maximum absolute atomic E-state index is 11.8. The summed E-state index contributed by atoms with van der Waals surface area (Å²) in [7, 11) is 0. The average molecular weight is 224 g/mol. The lowest BCUT2D eigenvalue weighted by Crippen LogP contribution is -2.48. The van der Waals surface area contributed by atoms with Crippen molar-refractivity contribution in [1.82, 2.24) is 10.6 Å². The molecule has 0 bridgehead atoms. The molecule has 2 rings (SSSR count). The van der Waals surface area contributed by atoms with Crippen molar-refractivity contribution in [2.24, 2.45) is 5.92 Å². The average Bonchev–Trinajstić information content (AvgIpc) is 2.89. The van der Waals surface area contributed by atoms with Crippen molar-refractivity contribution in [3.63, 3.8) is 0 Å². The van der Waals surface area contributed by atoms with Crippen LogP contribution in [0.3, 0.4) is 0 Å². The Balaban J connectivity index is 1.71. The van der Waals surface area contributed by atoms with Gasteiger partial charge in [0.1, 0.15) is 0 Å². The fourth-order valence-corrected chi connectivity index (χ4v) is 2.62. The largest absolute Gasteiger partial charge is 0.352 e. The van der Waals surface area contributed by atoms with Crippen LogP contribution in [0.2, 0.25) is 0 Å². The van der Waals surface area contributed by atoms with E-state index >= 15 is 0 Å². The lowest BCUT2D eigenvalue weighted by Gasteiger charge is -2.24. The first-order valence-electron chi connectivity index (χ1n) is 6.73. The van der Waals surface area contributed by atoms with E-state index in [-0.39, 0.29) is 11.9 Å². The minimum absolute atomic E-state index is 0.0452. The zero-order valence-corrected chi connectivity index (χ0v) is 10.5. The highest BCUT2D eigenvalue weighted by molar-refractivity contribution is 5.81. The van der Waals surface area contributed by atoms with E-state index in [1.54, 1.807) is 0 Å². The molecule has 2 N–H and O–H groups in total. The summed E-state index contributed by atoms with van der Waals surface area (Å²) in [5.41, 5.74) is 0. The Morgan fingerprint density at radius 2 is 1.75 bits per heavy atom. The third kappa shape index (κ3) is 3.21. The molecule has 1 amide bonds. The molecule has 3 heteroatoms.